The van der Waals surface area contributed by atoms with Gasteiger partial charge in [-0.15, -0.1) is 0 Å². The highest BCUT2D eigenvalue weighted by atomic mass is 79.9. The zero-order valence-corrected chi connectivity index (χ0v) is 17.1. The van der Waals surface area contributed by atoms with Crippen LogP contribution in [-0.4, -0.2) is 52.3 Å². The molecule has 0 atom stereocenters. The summed E-state index contributed by atoms with van der Waals surface area (Å²) in [5.41, 5.74) is 0.580. The van der Waals surface area contributed by atoms with E-state index >= 15 is 0 Å². The fourth-order valence-corrected chi connectivity index (χ4v) is 4.19. The maximum absolute atomic E-state index is 13.9. The Morgan fingerprint density at radius 3 is 2.54 bits per heavy atom. The number of benzene rings is 2. The number of amides is 3. The van der Waals surface area contributed by atoms with Gasteiger partial charge >= 0.3 is 6.03 Å². The molecule has 1 aromatic heterocycles. The van der Waals surface area contributed by atoms with Crippen LogP contribution in [0.2, 0.25) is 0 Å². The number of hydrogen-bond acceptors (Lipinski definition) is 4. The lowest BCUT2D eigenvalue weighted by Crippen LogP contribution is -2.51. The minimum absolute atomic E-state index is 0.126. The number of fused-ring (bicyclic) bond motifs is 1. The van der Waals surface area contributed by atoms with Gasteiger partial charge in [0.15, 0.2) is 0 Å². The van der Waals surface area contributed by atoms with Gasteiger partial charge in [0.25, 0.3) is 5.91 Å². The minimum atomic E-state index is -0.507. The predicted molar refractivity (Wildman–Crippen MR) is 110 cm³/mol. The van der Waals surface area contributed by atoms with Crippen molar-refractivity contribution in [1.82, 2.24) is 14.2 Å². The van der Waals surface area contributed by atoms with Crippen molar-refractivity contribution in [2.45, 2.75) is 0 Å². The number of aromatic nitrogens is 1. The Balaban J connectivity index is 1.39. The SMILES string of the molecule is O=C(Nc1ccc(Br)cc1F)N1CCN(C(=O)c2nsc3ccccc23)CC1. The Bertz CT molecular complexity index is 1050. The summed E-state index contributed by atoms with van der Waals surface area (Å²) in [6.45, 7) is 1.55. The second-order valence-electron chi connectivity index (χ2n) is 6.36. The Labute approximate surface area is 173 Å². The summed E-state index contributed by atoms with van der Waals surface area (Å²) in [5, 5.41) is 3.43. The molecule has 1 aliphatic rings. The molecule has 3 aromatic rings. The zero-order chi connectivity index (χ0) is 19.7. The number of hydrogen-bond donors (Lipinski definition) is 1. The first-order valence-corrected chi connectivity index (χ1v) is 10.2. The lowest BCUT2D eigenvalue weighted by atomic mass is 10.2. The number of anilines is 1. The molecule has 0 bridgehead atoms. The monoisotopic (exact) mass is 462 g/mol. The molecule has 4 rings (SSSR count). The Morgan fingerprint density at radius 1 is 1.07 bits per heavy atom. The van der Waals surface area contributed by atoms with Crippen LogP contribution >= 0.6 is 27.5 Å². The average Bonchev–Trinajstić information content (AvgIpc) is 3.14. The molecule has 1 saturated heterocycles. The molecular weight excluding hydrogens is 447 g/mol. The van der Waals surface area contributed by atoms with Crippen LogP contribution in [0.15, 0.2) is 46.9 Å². The molecule has 1 aliphatic heterocycles. The standard InChI is InChI=1S/C19H16BrFN4O2S/c20-12-5-6-15(14(21)11-12)22-19(27)25-9-7-24(8-10-25)18(26)17-13-3-1-2-4-16(13)28-23-17/h1-6,11H,7-10H2,(H,22,27). The van der Waals surface area contributed by atoms with Crippen LogP contribution in [0.1, 0.15) is 10.5 Å². The van der Waals surface area contributed by atoms with Crippen LogP contribution in [0.5, 0.6) is 0 Å². The molecule has 0 radical (unpaired) electrons. The van der Waals surface area contributed by atoms with Crippen LogP contribution in [0, 0.1) is 5.82 Å². The molecule has 0 aliphatic carbocycles. The topological polar surface area (TPSA) is 65.5 Å². The molecule has 1 N–H and O–H groups in total. The number of carbonyl (C=O) groups excluding carboxylic acids is 2. The van der Waals surface area contributed by atoms with Gasteiger partial charge in [0.05, 0.1) is 10.4 Å². The van der Waals surface area contributed by atoms with Crippen LogP contribution in [0.4, 0.5) is 14.9 Å². The van der Waals surface area contributed by atoms with Crippen molar-refractivity contribution in [3.8, 4) is 0 Å². The normalized spacial score (nSPS) is 14.4. The van der Waals surface area contributed by atoms with Crippen molar-refractivity contribution in [3.63, 3.8) is 0 Å². The van der Waals surface area contributed by atoms with Gasteiger partial charge in [0.2, 0.25) is 0 Å². The van der Waals surface area contributed by atoms with Gasteiger partial charge in [-0.2, -0.15) is 4.37 Å². The third-order valence-electron chi connectivity index (χ3n) is 4.61. The van der Waals surface area contributed by atoms with E-state index < -0.39 is 5.82 Å². The highest BCUT2D eigenvalue weighted by Crippen LogP contribution is 2.24. The van der Waals surface area contributed by atoms with Crippen LogP contribution in [0.3, 0.4) is 0 Å². The van der Waals surface area contributed by atoms with E-state index in [1.165, 1.54) is 23.7 Å². The molecule has 6 nitrogen and oxygen atoms in total. The van der Waals surface area contributed by atoms with Crippen molar-refractivity contribution in [2.24, 2.45) is 0 Å². The molecule has 2 aromatic carbocycles. The molecule has 0 saturated carbocycles. The minimum Gasteiger partial charge on any atom is -0.334 e. The molecule has 28 heavy (non-hydrogen) atoms. The number of piperazine rings is 1. The number of urea groups is 1. The lowest BCUT2D eigenvalue weighted by Gasteiger charge is -2.34. The van der Waals surface area contributed by atoms with Crippen LogP contribution in [0.25, 0.3) is 10.1 Å². The quantitative estimate of drug-likeness (QED) is 0.620. The number of halogens is 2. The van der Waals surface area contributed by atoms with Gasteiger partial charge < -0.3 is 15.1 Å². The van der Waals surface area contributed by atoms with E-state index in [9.17, 15) is 14.0 Å². The Hall–Kier alpha value is -2.52. The fourth-order valence-electron chi connectivity index (χ4n) is 3.09. The van der Waals surface area contributed by atoms with E-state index in [1.54, 1.807) is 15.9 Å². The molecular formula is C19H16BrFN4O2S. The van der Waals surface area contributed by atoms with Gasteiger partial charge in [-0.1, -0.05) is 34.1 Å². The summed E-state index contributed by atoms with van der Waals surface area (Å²) in [6, 6.07) is 11.7. The number of rotatable bonds is 2. The first kappa shape index (κ1) is 18.8. The third kappa shape index (κ3) is 3.72. The number of carbonyl (C=O) groups is 2. The number of nitrogens with one attached hydrogen (secondary N) is 1. The first-order chi connectivity index (χ1) is 13.5. The van der Waals surface area contributed by atoms with Crippen molar-refractivity contribution in [2.75, 3.05) is 31.5 Å². The van der Waals surface area contributed by atoms with Gasteiger partial charge in [0.1, 0.15) is 11.5 Å². The molecule has 9 heteroatoms. The summed E-state index contributed by atoms with van der Waals surface area (Å²) in [7, 11) is 0. The summed E-state index contributed by atoms with van der Waals surface area (Å²) in [6.07, 6.45) is 0. The largest absolute Gasteiger partial charge is 0.334 e. The first-order valence-electron chi connectivity index (χ1n) is 8.67. The smallest absolute Gasteiger partial charge is 0.322 e. The second-order valence-corrected chi connectivity index (χ2v) is 8.08. The van der Waals surface area contributed by atoms with E-state index in [0.29, 0.717) is 36.3 Å². The van der Waals surface area contributed by atoms with Crippen LogP contribution < -0.4 is 5.32 Å². The van der Waals surface area contributed by atoms with Gasteiger partial charge in [-0.3, -0.25) is 4.79 Å². The predicted octanol–water partition coefficient (Wildman–Crippen LogP) is 4.19. The van der Waals surface area contributed by atoms with Crippen molar-refractivity contribution in [1.29, 1.82) is 0 Å². The molecule has 2 heterocycles. The van der Waals surface area contributed by atoms with Crippen molar-refractivity contribution < 1.29 is 14.0 Å². The van der Waals surface area contributed by atoms with Crippen LogP contribution in [-0.2, 0) is 0 Å². The van der Waals surface area contributed by atoms with E-state index in [-0.39, 0.29) is 17.6 Å². The van der Waals surface area contributed by atoms with E-state index in [4.69, 9.17) is 0 Å². The molecule has 3 amide bonds. The van der Waals surface area contributed by atoms with Gasteiger partial charge in [-0.05, 0) is 35.8 Å². The zero-order valence-electron chi connectivity index (χ0n) is 14.7. The van der Waals surface area contributed by atoms with Crippen molar-refractivity contribution in [3.05, 3.63) is 58.4 Å². The summed E-state index contributed by atoms with van der Waals surface area (Å²) in [5.74, 6) is -0.636. The number of nitrogens with zero attached hydrogens (tertiary/aromatic N) is 3. The second kappa shape index (κ2) is 7.84. The maximum atomic E-state index is 13.9. The summed E-state index contributed by atoms with van der Waals surface area (Å²) >= 11 is 4.49. The maximum Gasteiger partial charge on any atom is 0.322 e. The Morgan fingerprint density at radius 2 is 1.79 bits per heavy atom. The van der Waals surface area contributed by atoms with Crippen molar-refractivity contribution >= 4 is 55.2 Å². The van der Waals surface area contributed by atoms with E-state index in [1.807, 2.05) is 24.3 Å². The molecule has 144 valence electrons. The van der Waals surface area contributed by atoms with Gasteiger partial charge in [0, 0.05) is 36.0 Å². The molecule has 0 unspecified atom stereocenters. The van der Waals surface area contributed by atoms with E-state index in [2.05, 4.69) is 25.6 Å². The molecule has 1 fully saturated rings. The Kier molecular flexibility index (Phi) is 5.27. The molecule has 0 spiro atoms. The highest BCUT2D eigenvalue weighted by Gasteiger charge is 2.27. The fraction of sp³-hybridized carbons (Fsp3) is 0.211. The highest BCUT2D eigenvalue weighted by molar-refractivity contribution is 9.10. The summed E-state index contributed by atoms with van der Waals surface area (Å²) < 4.78 is 19.8. The summed E-state index contributed by atoms with van der Waals surface area (Å²) in [4.78, 5) is 28.5. The average molecular weight is 463 g/mol. The van der Waals surface area contributed by atoms with E-state index in [0.717, 1.165) is 10.1 Å². The lowest BCUT2D eigenvalue weighted by molar-refractivity contribution is 0.0669. The third-order valence-corrected chi connectivity index (χ3v) is 5.93. The van der Waals surface area contributed by atoms with Gasteiger partial charge in [-0.25, -0.2) is 9.18 Å².